The maximum Gasteiger partial charge on any atom is 0.333 e. The van der Waals surface area contributed by atoms with Gasteiger partial charge in [-0.15, -0.1) is 0 Å². The van der Waals surface area contributed by atoms with Crippen LogP contribution in [0, 0.1) is 0 Å². The van der Waals surface area contributed by atoms with Crippen molar-refractivity contribution in [3.63, 3.8) is 0 Å². The van der Waals surface area contributed by atoms with Crippen molar-refractivity contribution >= 4 is 12.0 Å². The first kappa shape index (κ1) is 11.4. The van der Waals surface area contributed by atoms with Crippen molar-refractivity contribution in [3.05, 3.63) is 42.0 Å². The minimum atomic E-state index is -1.46. The van der Waals surface area contributed by atoms with Crippen molar-refractivity contribution in [2.45, 2.75) is 6.29 Å². The van der Waals surface area contributed by atoms with Gasteiger partial charge in [0.25, 0.3) is 0 Å². The third kappa shape index (κ3) is 4.39. The normalized spacial score (nSPS) is 12.7. The standard InChI is InChI=1S/C11H12O4/c12-8-11(14)15-10(13)7-6-9-4-2-1-3-5-9/h1-7,11-12,14H,8H2/b7-6+. The largest absolute Gasteiger partial charge is 0.430 e. The van der Waals surface area contributed by atoms with Gasteiger partial charge in [-0.3, -0.25) is 0 Å². The third-order valence-electron chi connectivity index (χ3n) is 1.62. The van der Waals surface area contributed by atoms with Crippen molar-refractivity contribution in [3.8, 4) is 0 Å². The fourth-order valence-corrected chi connectivity index (χ4v) is 0.939. The molecule has 15 heavy (non-hydrogen) atoms. The van der Waals surface area contributed by atoms with E-state index < -0.39 is 18.9 Å². The maximum absolute atomic E-state index is 11.0. The summed E-state index contributed by atoms with van der Waals surface area (Å²) in [5.74, 6) is -0.694. The van der Waals surface area contributed by atoms with Crippen LogP contribution in [0.1, 0.15) is 5.56 Å². The Labute approximate surface area is 87.4 Å². The molecule has 1 aromatic rings. The Kier molecular flexibility index (Phi) is 4.53. The van der Waals surface area contributed by atoms with Gasteiger partial charge in [0, 0.05) is 6.08 Å². The second kappa shape index (κ2) is 5.95. The van der Waals surface area contributed by atoms with Gasteiger partial charge in [0.05, 0.1) is 0 Å². The van der Waals surface area contributed by atoms with E-state index in [1.807, 2.05) is 30.3 Å². The Hall–Kier alpha value is -1.65. The van der Waals surface area contributed by atoms with Crippen LogP contribution in [0.15, 0.2) is 36.4 Å². The fourth-order valence-electron chi connectivity index (χ4n) is 0.939. The lowest BCUT2D eigenvalue weighted by Gasteiger charge is -2.05. The Morgan fingerprint density at radius 1 is 1.40 bits per heavy atom. The molecule has 0 bridgehead atoms. The van der Waals surface area contributed by atoms with Crippen LogP contribution in [-0.2, 0) is 9.53 Å². The fraction of sp³-hybridized carbons (Fsp3) is 0.182. The topological polar surface area (TPSA) is 66.8 Å². The van der Waals surface area contributed by atoms with Gasteiger partial charge in [-0.25, -0.2) is 4.79 Å². The Bertz CT molecular complexity index is 332. The number of benzene rings is 1. The third-order valence-corrected chi connectivity index (χ3v) is 1.62. The van der Waals surface area contributed by atoms with Crippen molar-refractivity contribution in [2.24, 2.45) is 0 Å². The zero-order chi connectivity index (χ0) is 11.1. The smallest absolute Gasteiger partial charge is 0.333 e. The van der Waals surface area contributed by atoms with Crippen LogP contribution < -0.4 is 0 Å². The van der Waals surface area contributed by atoms with E-state index in [2.05, 4.69) is 4.74 Å². The number of hydrogen-bond acceptors (Lipinski definition) is 4. The van der Waals surface area contributed by atoms with Crippen molar-refractivity contribution in [2.75, 3.05) is 6.61 Å². The van der Waals surface area contributed by atoms with Crippen LogP contribution in [0.25, 0.3) is 6.08 Å². The number of rotatable bonds is 4. The van der Waals surface area contributed by atoms with Gasteiger partial charge in [0.1, 0.15) is 6.61 Å². The van der Waals surface area contributed by atoms with Gasteiger partial charge >= 0.3 is 5.97 Å². The molecule has 4 nitrogen and oxygen atoms in total. The summed E-state index contributed by atoms with van der Waals surface area (Å²) < 4.78 is 4.40. The average Bonchev–Trinajstić information content (AvgIpc) is 2.27. The molecule has 2 N–H and O–H groups in total. The molecule has 0 aliphatic heterocycles. The number of carbonyl (C=O) groups is 1. The predicted octanol–water partition coefficient (Wildman–Crippen LogP) is 0.554. The van der Waals surface area contributed by atoms with E-state index in [0.29, 0.717) is 0 Å². The van der Waals surface area contributed by atoms with Crippen LogP contribution in [0.5, 0.6) is 0 Å². The quantitative estimate of drug-likeness (QED) is 0.431. The summed E-state index contributed by atoms with van der Waals surface area (Å²) in [6.07, 6.45) is 1.29. The molecule has 0 aromatic heterocycles. The van der Waals surface area contributed by atoms with Gasteiger partial charge in [-0.05, 0) is 11.6 Å². The van der Waals surface area contributed by atoms with E-state index in [-0.39, 0.29) is 0 Å². The molecule has 0 aliphatic rings. The van der Waals surface area contributed by atoms with E-state index in [9.17, 15) is 4.79 Å². The lowest BCUT2D eigenvalue weighted by molar-refractivity contribution is -0.167. The summed E-state index contributed by atoms with van der Waals surface area (Å²) in [6.45, 7) is -0.606. The highest BCUT2D eigenvalue weighted by atomic mass is 16.6. The molecule has 1 atom stereocenters. The highest BCUT2D eigenvalue weighted by Gasteiger charge is 2.05. The lowest BCUT2D eigenvalue weighted by Crippen LogP contribution is -2.19. The molecule has 0 saturated carbocycles. The van der Waals surface area contributed by atoms with Crippen molar-refractivity contribution in [1.82, 2.24) is 0 Å². The Balaban J connectivity index is 2.48. The van der Waals surface area contributed by atoms with Crippen LogP contribution in [0.4, 0.5) is 0 Å². The first-order valence-corrected chi connectivity index (χ1v) is 4.45. The minimum absolute atomic E-state index is 0.606. The molecule has 0 amide bonds. The maximum atomic E-state index is 11.0. The minimum Gasteiger partial charge on any atom is -0.430 e. The average molecular weight is 208 g/mol. The molecule has 1 aromatic carbocycles. The first-order valence-electron chi connectivity index (χ1n) is 4.45. The molecular formula is C11H12O4. The van der Waals surface area contributed by atoms with Gasteiger partial charge < -0.3 is 14.9 Å². The molecule has 0 radical (unpaired) electrons. The zero-order valence-corrected chi connectivity index (χ0v) is 8.04. The van der Waals surface area contributed by atoms with Crippen LogP contribution in [0.2, 0.25) is 0 Å². The monoisotopic (exact) mass is 208 g/mol. The highest BCUT2D eigenvalue weighted by molar-refractivity contribution is 5.87. The second-order valence-corrected chi connectivity index (χ2v) is 2.82. The molecular weight excluding hydrogens is 196 g/mol. The summed E-state index contributed by atoms with van der Waals surface area (Å²) in [6, 6.07) is 9.20. The molecule has 80 valence electrons. The molecule has 0 saturated heterocycles. The van der Waals surface area contributed by atoms with E-state index in [4.69, 9.17) is 10.2 Å². The SMILES string of the molecule is O=C(/C=C/c1ccccc1)OC(O)CO. The number of aliphatic hydroxyl groups is 2. The van der Waals surface area contributed by atoms with Gasteiger partial charge in [0.2, 0.25) is 6.29 Å². The molecule has 1 unspecified atom stereocenters. The first-order chi connectivity index (χ1) is 7.22. The summed E-state index contributed by atoms with van der Waals surface area (Å²) in [4.78, 5) is 11.0. The lowest BCUT2D eigenvalue weighted by atomic mass is 10.2. The van der Waals surface area contributed by atoms with Crippen LogP contribution >= 0.6 is 0 Å². The molecule has 4 heteroatoms. The van der Waals surface area contributed by atoms with Gasteiger partial charge in [-0.1, -0.05) is 30.3 Å². The van der Waals surface area contributed by atoms with Crippen molar-refractivity contribution in [1.29, 1.82) is 0 Å². The number of esters is 1. The predicted molar refractivity (Wildman–Crippen MR) is 54.7 cm³/mol. The number of ether oxygens (including phenoxy) is 1. The number of aliphatic hydroxyl groups excluding tert-OH is 2. The van der Waals surface area contributed by atoms with E-state index in [1.165, 1.54) is 6.08 Å². The summed E-state index contributed by atoms with van der Waals surface area (Å²) in [5.41, 5.74) is 0.855. The van der Waals surface area contributed by atoms with Gasteiger partial charge in [-0.2, -0.15) is 0 Å². The van der Waals surface area contributed by atoms with E-state index in [0.717, 1.165) is 5.56 Å². The second-order valence-electron chi connectivity index (χ2n) is 2.82. The molecule has 0 heterocycles. The van der Waals surface area contributed by atoms with Crippen LogP contribution in [-0.4, -0.2) is 29.1 Å². The summed E-state index contributed by atoms with van der Waals surface area (Å²) in [7, 11) is 0. The zero-order valence-electron chi connectivity index (χ0n) is 8.04. The van der Waals surface area contributed by atoms with Crippen molar-refractivity contribution < 1.29 is 19.7 Å². The summed E-state index contributed by atoms with van der Waals surface area (Å²) in [5, 5.41) is 17.2. The highest BCUT2D eigenvalue weighted by Crippen LogP contribution is 2.01. The summed E-state index contributed by atoms with van der Waals surface area (Å²) >= 11 is 0. The number of carbonyl (C=O) groups excluding carboxylic acids is 1. The Morgan fingerprint density at radius 2 is 2.07 bits per heavy atom. The van der Waals surface area contributed by atoms with Crippen LogP contribution in [0.3, 0.4) is 0 Å². The molecule has 0 aliphatic carbocycles. The molecule has 1 rings (SSSR count). The Morgan fingerprint density at radius 3 is 2.67 bits per heavy atom. The molecule has 0 fully saturated rings. The van der Waals surface area contributed by atoms with E-state index >= 15 is 0 Å². The number of hydrogen-bond donors (Lipinski definition) is 2. The van der Waals surface area contributed by atoms with E-state index in [1.54, 1.807) is 6.08 Å². The molecule has 0 spiro atoms. The van der Waals surface area contributed by atoms with Gasteiger partial charge in [0.15, 0.2) is 0 Å².